The smallest absolute Gasteiger partial charge is 0.249 e. The average molecular weight is 263 g/mol. The van der Waals surface area contributed by atoms with Crippen LogP contribution in [0.1, 0.15) is 24.3 Å². The van der Waals surface area contributed by atoms with Crippen molar-refractivity contribution in [2.75, 3.05) is 44.3 Å². The van der Waals surface area contributed by atoms with Gasteiger partial charge in [-0.15, -0.1) is 0 Å². The van der Waals surface area contributed by atoms with E-state index in [4.69, 9.17) is 4.74 Å². The Morgan fingerprint density at radius 1 is 1.16 bits per heavy atom. The van der Waals surface area contributed by atoms with Gasteiger partial charge in [0.2, 0.25) is 5.56 Å². The Labute approximate surface area is 113 Å². The van der Waals surface area contributed by atoms with Crippen LogP contribution < -0.4 is 15.8 Å². The number of aromatic amines is 1. The maximum atomic E-state index is 11.9. The lowest BCUT2D eigenvalue weighted by Crippen LogP contribution is -2.44. The molecule has 0 radical (unpaired) electrons. The topological polar surface area (TPSA) is 57.4 Å². The minimum atomic E-state index is 0.0116. The molecule has 3 rings (SSSR count). The molecule has 0 aliphatic carbocycles. The zero-order chi connectivity index (χ0) is 13.1. The second-order valence-electron chi connectivity index (χ2n) is 5.29. The predicted molar refractivity (Wildman–Crippen MR) is 74.9 cm³/mol. The van der Waals surface area contributed by atoms with E-state index in [1.807, 2.05) is 0 Å². The monoisotopic (exact) mass is 263 g/mol. The lowest BCUT2D eigenvalue weighted by atomic mass is 9.92. The molecule has 0 saturated carbocycles. The molecule has 1 aromatic rings. The summed E-state index contributed by atoms with van der Waals surface area (Å²) in [5.41, 5.74) is 1.18. The number of aromatic nitrogens is 1. The standard InChI is InChI=1S/C14H21N3O2/c18-14-10-12(11-1-7-19-8-2-11)9-13(16-14)17-5-3-15-4-6-17/h9-11,15H,1-8H2,(H,16,18). The first-order valence-electron chi connectivity index (χ1n) is 7.10. The summed E-state index contributed by atoms with van der Waals surface area (Å²) in [6, 6.07) is 3.91. The molecule has 0 atom stereocenters. The van der Waals surface area contributed by atoms with Gasteiger partial charge >= 0.3 is 0 Å². The third-order valence-corrected chi connectivity index (χ3v) is 4.00. The second-order valence-corrected chi connectivity index (χ2v) is 5.29. The first-order chi connectivity index (χ1) is 9.33. The fourth-order valence-electron chi connectivity index (χ4n) is 2.89. The van der Waals surface area contributed by atoms with Crippen LogP contribution in [0, 0.1) is 0 Å². The maximum absolute atomic E-state index is 11.9. The van der Waals surface area contributed by atoms with Gasteiger partial charge in [0.1, 0.15) is 5.82 Å². The van der Waals surface area contributed by atoms with E-state index in [1.165, 1.54) is 5.56 Å². The fraction of sp³-hybridized carbons (Fsp3) is 0.643. The van der Waals surface area contributed by atoms with Crippen molar-refractivity contribution in [3.8, 4) is 0 Å². The van der Waals surface area contributed by atoms with E-state index in [-0.39, 0.29) is 5.56 Å². The van der Waals surface area contributed by atoms with E-state index in [2.05, 4.69) is 21.3 Å². The third kappa shape index (κ3) is 2.98. The number of hydrogen-bond donors (Lipinski definition) is 2. The van der Waals surface area contributed by atoms with Crippen LogP contribution in [0.15, 0.2) is 16.9 Å². The molecule has 0 amide bonds. The van der Waals surface area contributed by atoms with Crippen molar-refractivity contribution in [2.45, 2.75) is 18.8 Å². The van der Waals surface area contributed by atoms with Crippen LogP contribution in [0.4, 0.5) is 5.82 Å². The summed E-state index contributed by atoms with van der Waals surface area (Å²) in [5, 5.41) is 3.33. The van der Waals surface area contributed by atoms with Gasteiger partial charge in [-0.2, -0.15) is 0 Å². The number of pyridine rings is 1. The predicted octanol–water partition coefficient (Wildman–Crippen LogP) is 0.678. The normalized spacial score (nSPS) is 21.6. The lowest BCUT2D eigenvalue weighted by Gasteiger charge is -2.30. The Hall–Kier alpha value is -1.33. The summed E-state index contributed by atoms with van der Waals surface area (Å²) in [4.78, 5) is 17.1. The van der Waals surface area contributed by atoms with E-state index >= 15 is 0 Å². The molecule has 0 aromatic carbocycles. The highest BCUT2D eigenvalue weighted by Gasteiger charge is 2.19. The summed E-state index contributed by atoms with van der Waals surface area (Å²) in [5.74, 6) is 1.44. The molecule has 0 bridgehead atoms. The van der Waals surface area contributed by atoms with Crippen LogP contribution in [0.2, 0.25) is 0 Å². The fourth-order valence-corrected chi connectivity index (χ4v) is 2.89. The summed E-state index contributed by atoms with van der Waals surface area (Å²) in [6.45, 7) is 5.47. The SMILES string of the molecule is O=c1cc(C2CCOCC2)cc(N2CCNCC2)[nH]1. The number of nitrogens with one attached hydrogen (secondary N) is 2. The van der Waals surface area contributed by atoms with Crippen molar-refractivity contribution in [3.63, 3.8) is 0 Å². The molecule has 3 heterocycles. The van der Waals surface area contributed by atoms with Crippen molar-refractivity contribution >= 4 is 5.82 Å². The Morgan fingerprint density at radius 3 is 2.63 bits per heavy atom. The molecular formula is C14H21N3O2. The highest BCUT2D eigenvalue weighted by atomic mass is 16.5. The van der Waals surface area contributed by atoms with Gasteiger partial charge in [-0.25, -0.2) is 0 Å². The molecule has 0 unspecified atom stereocenters. The van der Waals surface area contributed by atoms with Crippen LogP contribution in [0.25, 0.3) is 0 Å². The molecule has 2 aliphatic heterocycles. The molecular weight excluding hydrogens is 242 g/mol. The quantitative estimate of drug-likeness (QED) is 0.824. The number of piperazine rings is 1. The molecule has 1 aromatic heterocycles. The zero-order valence-electron chi connectivity index (χ0n) is 11.2. The third-order valence-electron chi connectivity index (χ3n) is 4.00. The van der Waals surface area contributed by atoms with Crippen molar-refractivity contribution in [1.82, 2.24) is 10.3 Å². The molecule has 2 N–H and O–H groups in total. The maximum Gasteiger partial charge on any atom is 0.249 e. The zero-order valence-corrected chi connectivity index (χ0v) is 11.2. The lowest BCUT2D eigenvalue weighted by molar-refractivity contribution is 0.0853. The van der Waals surface area contributed by atoms with Gasteiger partial charge < -0.3 is 19.9 Å². The molecule has 5 heteroatoms. The Kier molecular flexibility index (Phi) is 3.84. The summed E-state index contributed by atoms with van der Waals surface area (Å²) >= 11 is 0. The van der Waals surface area contributed by atoms with E-state index in [9.17, 15) is 4.79 Å². The highest BCUT2D eigenvalue weighted by molar-refractivity contribution is 5.42. The van der Waals surface area contributed by atoms with Gasteiger partial charge in [0.15, 0.2) is 0 Å². The molecule has 2 fully saturated rings. The molecule has 2 saturated heterocycles. The van der Waals surface area contributed by atoms with Crippen molar-refractivity contribution in [3.05, 3.63) is 28.0 Å². The molecule has 0 spiro atoms. The molecule has 104 valence electrons. The first-order valence-corrected chi connectivity index (χ1v) is 7.10. The number of anilines is 1. The van der Waals surface area contributed by atoms with Crippen LogP contribution in [0.3, 0.4) is 0 Å². The van der Waals surface area contributed by atoms with E-state index in [0.29, 0.717) is 5.92 Å². The van der Waals surface area contributed by atoms with Crippen molar-refractivity contribution in [1.29, 1.82) is 0 Å². The van der Waals surface area contributed by atoms with Gasteiger partial charge in [-0.05, 0) is 30.4 Å². The Morgan fingerprint density at radius 2 is 1.89 bits per heavy atom. The highest BCUT2D eigenvalue weighted by Crippen LogP contribution is 2.27. The van der Waals surface area contributed by atoms with E-state index in [1.54, 1.807) is 6.07 Å². The number of H-pyrrole nitrogens is 1. The second kappa shape index (κ2) is 5.75. The summed E-state index contributed by atoms with van der Waals surface area (Å²) in [6.07, 6.45) is 2.04. The van der Waals surface area contributed by atoms with Crippen LogP contribution in [-0.2, 0) is 4.74 Å². The number of ether oxygens (including phenoxy) is 1. The van der Waals surface area contributed by atoms with Gasteiger partial charge in [-0.1, -0.05) is 0 Å². The largest absolute Gasteiger partial charge is 0.381 e. The molecule has 19 heavy (non-hydrogen) atoms. The molecule has 2 aliphatic rings. The Bertz CT molecular complexity index is 435. The van der Waals surface area contributed by atoms with Crippen LogP contribution in [0.5, 0.6) is 0 Å². The summed E-state index contributed by atoms with van der Waals surface area (Å²) in [7, 11) is 0. The van der Waals surface area contributed by atoms with Gasteiger partial charge in [-0.3, -0.25) is 4.79 Å². The van der Waals surface area contributed by atoms with Gasteiger partial charge in [0.05, 0.1) is 0 Å². The van der Waals surface area contributed by atoms with Crippen LogP contribution in [-0.4, -0.2) is 44.4 Å². The Balaban J connectivity index is 1.84. The first kappa shape index (κ1) is 12.7. The van der Waals surface area contributed by atoms with E-state index < -0.39 is 0 Å². The number of rotatable bonds is 2. The molecule has 5 nitrogen and oxygen atoms in total. The minimum absolute atomic E-state index is 0.0116. The van der Waals surface area contributed by atoms with Gasteiger partial charge in [0, 0.05) is 45.5 Å². The van der Waals surface area contributed by atoms with Gasteiger partial charge in [0.25, 0.3) is 0 Å². The van der Waals surface area contributed by atoms with Crippen molar-refractivity contribution in [2.24, 2.45) is 0 Å². The van der Waals surface area contributed by atoms with E-state index in [0.717, 1.165) is 58.1 Å². The minimum Gasteiger partial charge on any atom is -0.381 e. The van der Waals surface area contributed by atoms with Crippen molar-refractivity contribution < 1.29 is 4.74 Å². The average Bonchev–Trinajstić information content (AvgIpc) is 2.48. The number of nitrogens with zero attached hydrogens (tertiary/aromatic N) is 1. The summed E-state index contributed by atoms with van der Waals surface area (Å²) < 4.78 is 5.39. The number of hydrogen-bond acceptors (Lipinski definition) is 4. The van der Waals surface area contributed by atoms with Crippen LogP contribution >= 0.6 is 0 Å².